The molecule has 2 heterocycles. The van der Waals surface area contributed by atoms with Crippen molar-refractivity contribution in [3.63, 3.8) is 0 Å². The van der Waals surface area contributed by atoms with Gasteiger partial charge in [-0.25, -0.2) is 5.01 Å². The number of carbonyl (C=O) groups excluding carboxylic acids is 2. The summed E-state index contributed by atoms with van der Waals surface area (Å²) in [6.45, 7) is 3.27. The van der Waals surface area contributed by atoms with Crippen molar-refractivity contribution in [2.45, 2.75) is 38.1 Å². The van der Waals surface area contributed by atoms with Crippen LogP contribution in [0.1, 0.15) is 49.3 Å². The summed E-state index contributed by atoms with van der Waals surface area (Å²) >= 11 is 0. The van der Waals surface area contributed by atoms with Crippen molar-refractivity contribution in [3.05, 3.63) is 71.8 Å². The fourth-order valence-corrected chi connectivity index (χ4v) is 4.31. The summed E-state index contributed by atoms with van der Waals surface area (Å²) in [7, 11) is 0. The van der Waals surface area contributed by atoms with Crippen molar-refractivity contribution in [1.29, 1.82) is 0 Å². The molecule has 1 saturated heterocycles. The van der Waals surface area contributed by atoms with Gasteiger partial charge in [-0.1, -0.05) is 60.7 Å². The minimum Gasteiger partial charge on any atom is -0.354 e. The van der Waals surface area contributed by atoms with Crippen LogP contribution in [0.5, 0.6) is 0 Å². The maximum absolute atomic E-state index is 12.5. The highest BCUT2D eigenvalue weighted by Gasteiger charge is 2.25. The van der Waals surface area contributed by atoms with E-state index in [0.29, 0.717) is 13.1 Å². The number of benzene rings is 2. The maximum Gasteiger partial charge on any atom is 0.243 e. The van der Waals surface area contributed by atoms with E-state index >= 15 is 0 Å². The smallest absolute Gasteiger partial charge is 0.243 e. The van der Waals surface area contributed by atoms with E-state index in [1.165, 1.54) is 23.4 Å². The van der Waals surface area contributed by atoms with Gasteiger partial charge < -0.3 is 5.32 Å². The van der Waals surface area contributed by atoms with E-state index in [2.05, 4.69) is 27.5 Å². The molecule has 2 aliphatic rings. The monoisotopic (exact) mass is 418 g/mol. The second-order valence-electron chi connectivity index (χ2n) is 8.15. The second kappa shape index (κ2) is 10.4. The molecule has 162 valence electrons. The molecule has 2 aliphatic heterocycles. The maximum atomic E-state index is 12.5. The van der Waals surface area contributed by atoms with Crippen LogP contribution in [0.15, 0.2) is 65.8 Å². The lowest BCUT2D eigenvalue weighted by atomic mass is 10.1. The van der Waals surface area contributed by atoms with Gasteiger partial charge in [-0.3, -0.25) is 14.5 Å². The summed E-state index contributed by atoms with van der Waals surface area (Å²) < 4.78 is 0. The van der Waals surface area contributed by atoms with E-state index in [9.17, 15) is 9.59 Å². The third-order valence-corrected chi connectivity index (χ3v) is 6.02. The number of likely N-dealkylation sites (tertiary alicyclic amines) is 1. The van der Waals surface area contributed by atoms with Crippen LogP contribution in [0.25, 0.3) is 0 Å². The first kappa shape index (κ1) is 21.2. The van der Waals surface area contributed by atoms with Gasteiger partial charge in [0, 0.05) is 25.8 Å². The quantitative estimate of drug-likeness (QED) is 0.715. The third kappa shape index (κ3) is 5.58. The van der Waals surface area contributed by atoms with Crippen molar-refractivity contribution in [1.82, 2.24) is 15.2 Å². The number of carbonyl (C=O) groups is 2. The number of hydrazone groups is 1. The van der Waals surface area contributed by atoms with Gasteiger partial charge in [0.15, 0.2) is 0 Å². The van der Waals surface area contributed by atoms with Crippen molar-refractivity contribution in [2.75, 3.05) is 26.2 Å². The molecule has 0 saturated carbocycles. The van der Waals surface area contributed by atoms with Gasteiger partial charge in [0.2, 0.25) is 11.8 Å². The Hall–Kier alpha value is -2.99. The minimum atomic E-state index is -0.0970. The van der Waals surface area contributed by atoms with Crippen LogP contribution in [0.2, 0.25) is 0 Å². The lowest BCUT2D eigenvalue weighted by molar-refractivity contribution is -0.133. The standard InChI is InChI=1S/C25H30N4O2/c30-24(26-19-23(28-16-7-8-17-28)21-11-5-2-6-12-21)13-14-25(31)29-18-15-22(27-29)20-9-3-1-4-10-20/h1-6,9-12,23H,7-8,13-19H2,(H,26,30). The predicted molar refractivity (Wildman–Crippen MR) is 122 cm³/mol. The van der Waals surface area contributed by atoms with Gasteiger partial charge in [0.1, 0.15) is 0 Å². The van der Waals surface area contributed by atoms with Crippen molar-refractivity contribution in [3.8, 4) is 0 Å². The van der Waals surface area contributed by atoms with Crippen LogP contribution in [-0.2, 0) is 9.59 Å². The molecule has 2 amide bonds. The molecule has 4 rings (SSSR count). The molecule has 0 aliphatic carbocycles. The molecule has 2 aromatic carbocycles. The van der Waals surface area contributed by atoms with E-state index in [-0.39, 0.29) is 30.7 Å². The van der Waals surface area contributed by atoms with Crippen molar-refractivity contribution < 1.29 is 9.59 Å². The first-order valence-corrected chi connectivity index (χ1v) is 11.2. The number of hydrogen-bond donors (Lipinski definition) is 1. The Morgan fingerprint density at radius 2 is 1.58 bits per heavy atom. The molecule has 1 fully saturated rings. The van der Waals surface area contributed by atoms with Gasteiger partial charge in [-0.05, 0) is 37.1 Å². The van der Waals surface area contributed by atoms with Gasteiger partial charge in [-0.15, -0.1) is 0 Å². The zero-order valence-electron chi connectivity index (χ0n) is 17.9. The molecular formula is C25H30N4O2. The van der Waals surface area contributed by atoms with E-state index in [0.717, 1.165) is 30.8 Å². The Morgan fingerprint density at radius 1 is 0.903 bits per heavy atom. The molecule has 2 aromatic rings. The van der Waals surface area contributed by atoms with Crippen LogP contribution in [0.4, 0.5) is 0 Å². The molecular weight excluding hydrogens is 388 g/mol. The van der Waals surface area contributed by atoms with Crippen LogP contribution < -0.4 is 5.32 Å². The van der Waals surface area contributed by atoms with Crippen LogP contribution in [0, 0.1) is 0 Å². The van der Waals surface area contributed by atoms with Gasteiger partial charge in [0.25, 0.3) is 0 Å². The van der Waals surface area contributed by atoms with Crippen LogP contribution >= 0.6 is 0 Å². The highest BCUT2D eigenvalue weighted by molar-refractivity contribution is 6.02. The molecule has 1 unspecified atom stereocenters. The van der Waals surface area contributed by atoms with Gasteiger partial charge in [-0.2, -0.15) is 5.10 Å². The molecule has 0 spiro atoms. The Kier molecular flexibility index (Phi) is 7.10. The highest BCUT2D eigenvalue weighted by Crippen LogP contribution is 2.24. The summed E-state index contributed by atoms with van der Waals surface area (Å²) in [5.41, 5.74) is 3.19. The Morgan fingerprint density at radius 3 is 2.29 bits per heavy atom. The first-order chi connectivity index (χ1) is 15.2. The number of amides is 2. The molecule has 1 atom stereocenters. The summed E-state index contributed by atoms with van der Waals surface area (Å²) in [5, 5.41) is 9.02. The van der Waals surface area contributed by atoms with Crippen LogP contribution in [0.3, 0.4) is 0 Å². The zero-order chi connectivity index (χ0) is 21.5. The topological polar surface area (TPSA) is 65.0 Å². The highest BCUT2D eigenvalue weighted by atomic mass is 16.2. The molecule has 31 heavy (non-hydrogen) atoms. The largest absolute Gasteiger partial charge is 0.354 e. The van der Waals surface area contributed by atoms with E-state index in [1.54, 1.807) is 0 Å². The van der Waals surface area contributed by atoms with E-state index in [4.69, 9.17) is 0 Å². The predicted octanol–water partition coefficient (Wildman–Crippen LogP) is 3.36. The number of hydrogen-bond acceptors (Lipinski definition) is 4. The van der Waals surface area contributed by atoms with E-state index in [1.807, 2.05) is 48.5 Å². The molecule has 1 N–H and O–H groups in total. The SMILES string of the molecule is O=C(CCC(=O)N1CCC(c2ccccc2)=N1)NCC(c1ccccc1)N1CCCC1. The first-order valence-electron chi connectivity index (χ1n) is 11.2. The van der Waals surface area contributed by atoms with Crippen LogP contribution in [-0.4, -0.2) is 53.6 Å². The third-order valence-electron chi connectivity index (χ3n) is 6.02. The van der Waals surface area contributed by atoms with Crippen molar-refractivity contribution >= 4 is 17.5 Å². The summed E-state index contributed by atoms with van der Waals surface area (Å²) in [6, 6.07) is 20.4. The summed E-state index contributed by atoms with van der Waals surface area (Å²) in [5.74, 6) is -0.180. The van der Waals surface area contributed by atoms with Crippen molar-refractivity contribution in [2.24, 2.45) is 5.10 Å². The normalized spacial score (nSPS) is 17.4. The van der Waals surface area contributed by atoms with E-state index < -0.39 is 0 Å². The summed E-state index contributed by atoms with van der Waals surface area (Å²) in [4.78, 5) is 27.4. The zero-order valence-corrected chi connectivity index (χ0v) is 17.9. The number of rotatable bonds is 8. The summed E-state index contributed by atoms with van der Waals surface area (Å²) in [6.07, 6.45) is 3.51. The number of nitrogens with zero attached hydrogens (tertiary/aromatic N) is 3. The fraction of sp³-hybridized carbons (Fsp3) is 0.400. The average molecular weight is 419 g/mol. The van der Waals surface area contributed by atoms with Gasteiger partial charge in [0.05, 0.1) is 18.3 Å². The fourth-order valence-electron chi connectivity index (χ4n) is 4.31. The van der Waals surface area contributed by atoms with Gasteiger partial charge >= 0.3 is 0 Å². The molecule has 0 aromatic heterocycles. The Bertz CT molecular complexity index is 908. The Labute approximate surface area is 183 Å². The lowest BCUT2D eigenvalue weighted by Crippen LogP contribution is -2.37. The second-order valence-corrected chi connectivity index (χ2v) is 8.15. The lowest BCUT2D eigenvalue weighted by Gasteiger charge is -2.28. The molecule has 6 heteroatoms. The minimum absolute atomic E-state index is 0.0834. The molecule has 0 bridgehead atoms. The number of nitrogens with one attached hydrogen (secondary N) is 1. The Balaban J connectivity index is 1.27. The molecule has 6 nitrogen and oxygen atoms in total. The molecule has 0 radical (unpaired) electrons. The average Bonchev–Trinajstić information content (AvgIpc) is 3.52.